The molecule has 0 unspecified atom stereocenters. The molecule has 2 heterocycles. The molecule has 2 aromatic carbocycles. The molecule has 160 valence electrons. The van der Waals surface area contributed by atoms with Gasteiger partial charge in [0.1, 0.15) is 11.8 Å². The third kappa shape index (κ3) is 4.73. The molecule has 1 aromatic heterocycles. The van der Waals surface area contributed by atoms with Crippen LogP contribution in [-0.4, -0.2) is 45.1 Å². The van der Waals surface area contributed by atoms with E-state index in [9.17, 15) is 23.1 Å². The molecule has 1 aliphatic heterocycles. The number of β-amino-alcohol motifs (C(OH)–C–C–N with tert-alkyl or cyclic N) is 1. The molecular formula is C20H13ClF3N3O4. The Morgan fingerprint density at radius 2 is 1.97 bits per heavy atom. The van der Waals surface area contributed by atoms with E-state index in [2.05, 4.69) is 27.0 Å². The van der Waals surface area contributed by atoms with Crippen LogP contribution >= 0.6 is 11.6 Å². The van der Waals surface area contributed by atoms with Crippen molar-refractivity contribution in [2.24, 2.45) is 0 Å². The highest BCUT2D eigenvalue weighted by Crippen LogP contribution is 2.34. The number of hydrogen-bond donors (Lipinski definition) is 1. The largest absolute Gasteiger partial charge is 0.573 e. The van der Waals surface area contributed by atoms with Crippen LogP contribution in [0.2, 0.25) is 5.02 Å². The van der Waals surface area contributed by atoms with Gasteiger partial charge in [0.25, 0.3) is 5.91 Å². The topological polar surface area (TPSA) is 88.7 Å². The van der Waals surface area contributed by atoms with Crippen LogP contribution in [0.1, 0.15) is 28.7 Å². The molecule has 0 radical (unpaired) electrons. The number of benzene rings is 1. The van der Waals surface area contributed by atoms with Gasteiger partial charge < -0.3 is 19.3 Å². The predicted octanol–water partition coefficient (Wildman–Crippen LogP) is 3.84. The Morgan fingerprint density at radius 1 is 1.23 bits per heavy atom. The second-order valence-corrected chi connectivity index (χ2v) is 7.14. The molecule has 1 amide bonds. The van der Waals surface area contributed by atoms with Gasteiger partial charge in [0.2, 0.25) is 11.7 Å². The van der Waals surface area contributed by atoms with Gasteiger partial charge in [0.15, 0.2) is 0 Å². The van der Waals surface area contributed by atoms with Gasteiger partial charge >= 0.3 is 6.36 Å². The van der Waals surface area contributed by atoms with E-state index in [1.54, 1.807) is 0 Å². The Bertz CT molecular complexity index is 1070. The Morgan fingerprint density at radius 3 is 2.61 bits per heavy atom. The van der Waals surface area contributed by atoms with Crippen LogP contribution in [0.15, 0.2) is 40.9 Å². The molecule has 1 N–H and O–H groups in total. The van der Waals surface area contributed by atoms with E-state index in [1.807, 2.05) is 0 Å². The van der Waals surface area contributed by atoms with Gasteiger partial charge in [0.05, 0.1) is 16.7 Å². The van der Waals surface area contributed by atoms with Crippen LogP contribution in [0.3, 0.4) is 0 Å². The minimum absolute atomic E-state index is 0.0567. The number of hydrogen-bond acceptors (Lipinski definition) is 6. The van der Waals surface area contributed by atoms with Gasteiger partial charge in [-0.3, -0.25) is 4.79 Å². The highest BCUT2D eigenvalue weighted by molar-refractivity contribution is 6.30. The quantitative estimate of drug-likeness (QED) is 0.648. The van der Waals surface area contributed by atoms with Gasteiger partial charge in [-0.05, 0) is 42.5 Å². The Kier molecular flexibility index (Phi) is 5.47. The highest BCUT2D eigenvalue weighted by atomic mass is 35.5. The van der Waals surface area contributed by atoms with Crippen LogP contribution in [0.5, 0.6) is 5.75 Å². The van der Waals surface area contributed by atoms with Crippen molar-refractivity contribution in [3.63, 3.8) is 0 Å². The summed E-state index contributed by atoms with van der Waals surface area (Å²) in [6, 6.07) is 12.5. The second kappa shape index (κ2) is 8.09. The second-order valence-electron chi connectivity index (χ2n) is 6.74. The predicted molar refractivity (Wildman–Crippen MR) is 99.9 cm³/mol. The molecule has 0 aliphatic carbocycles. The van der Waals surface area contributed by atoms with E-state index in [0.29, 0.717) is 10.6 Å². The molecule has 0 bridgehead atoms. The Balaban J connectivity index is 1.54. The van der Waals surface area contributed by atoms with Crippen molar-refractivity contribution in [1.29, 1.82) is 0 Å². The van der Waals surface area contributed by atoms with E-state index >= 15 is 0 Å². The van der Waals surface area contributed by atoms with E-state index < -0.39 is 24.4 Å². The van der Waals surface area contributed by atoms with Gasteiger partial charge in [-0.15, -0.1) is 13.2 Å². The minimum atomic E-state index is -4.79. The first-order chi connectivity index (χ1) is 14.7. The third-order valence-electron chi connectivity index (χ3n) is 4.56. The van der Waals surface area contributed by atoms with Crippen molar-refractivity contribution in [2.75, 3.05) is 6.54 Å². The number of carbonyl (C=O) groups excluding carboxylic acids is 1. The molecule has 11 heteroatoms. The number of amides is 1. The highest BCUT2D eigenvalue weighted by Gasteiger charge is 2.39. The van der Waals surface area contributed by atoms with Crippen LogP contribution in [-0.2, 0) is 0 Å². The number of aromatic nitrogens is 2. The summed E-state index contributed by atoms with van der Waals surface area (Å²) in [4.78, 5) is 18.5. The normalized spacial score (nSPS) is 18.7. The van der Waals surface area contributed by atoms with Gasteiger partial charge in [-0.2, -0.15) is 4.98 Å². The lowest BCUT2D eigenvalue weighted by Gasteiger charge is -2.20. The Labute approximate surface area is 179 Å². The molecule has 1 fully saturated rings. The fraction of sp³-hybridized carbons (Fsp3) is 0.250. The molecule has 3 aromatic rings. The molecule has 0 saturated carbocycles. The standard InChI is InChI=1S/C20H13ClF3N3O4/c21-13-5-1-12(2-6-13)19(29)27-10-14(28)9-16(27)18-25-17(26-31-18)11-3-7-15(8-4-11)30-20(22,23)24/h1,3-5,7-8,14,16,28H,9-10H2/t14-,16+/m1/s1. The van der Waals surface area contributed by atoms with Gasteiger partial charge in [0, 0.05) is 18.5 Å². The number of nitrogens with zero attached hydrogens (tertiary/aromatic N) is 3. The molecule has 4 rings (SSSR count). The lowest BCUT2D eigenvalue weighted by Crippen LogP contribution is -2.31. The Hall–Kier alpha value is -3.29. The lowest BCUT2D eigenvalue weighted by molar-refractivity contribution is -0.274. The number of aliphatic hydroxyl groups is 1. The summed E-state index contributed by atoms with van der Waals surface area (Å²) in [5.74, 6) is -0.586. The summed E-state index contributed by atoms with van der Waals surface area (Å²) in [6.07, 6.45) is -5.40. The summed E-state index contributed by atoms with van der Waals surface area (Å²) in [7, 11) is 0. The van der Waals surface area contributed by atoms with Gasteiger partial charge in [-0.1, -0.05) is 22.8 Å². The number of aliphatic hydroxyl groups excluding tert-OH is 1. The van der Waals surface area contributed by atoms with Crippen molar-refractivity contribution in [2.45, 2.75) is 24.9 Å². The van der Waals surface area contributed by atoms with E-state index in [4.69, 9.17) is 16.1 Å². The van der Waals surface area contributed by atoms with E-state index in [0.717, 1.165) is 12.1 Å². The van der Waals surface area contributed by atoms with Crippen molar-refractivity contribution in [3.8, 4) is 17.1 Å². The number of halogens is 4. The van der Waals surface area contributed by atoms with Crippen LogP contribution in [0.25, 0.3) is 11.4 Å². The van der Waals surface area contributed by atoms with Crippen molar-refractivity contribution < 1.29 is 32.3 Å². The molecular weight excluding hydrogens is 439 g/mol. The van der Waals surface area contributed by atoms with Crippen molar-refractivity contribution in [3.05, 3.63) is 65.0 Å². The first-order valence-corrected chi connectivity index (χ1v) is 9.36. The van der Waals surface area contributed by atoms with E-state index in [-0.39, 0.29) is 36.0 Å². The number of alkyl halides is 3. The van der Waals surface area contributed by atoms with E-state index in [1.165, 1.54) is 29.2 Å². The summed E-state index contributed by atoms with van der Waals surface area (Å²) in [5, 5.41) is 14.2. The SMILES string of the molecule is O=C(c1c#cc(Cl)cc1)N1C[C@H](O)C[C@H]1c1nc(-c2ccc(OC(F)(F)F)cc2)no1. The maximum atomic E-state index is 12.8. The lowest BCUT2D eigenvalue weighted by atomic mass is 10.1. The summed E-state index contributed by atoms with van der Waals surface area (Å²) in [6.45, 7) is 0.0567. The molecule has 2 atom stereocenters. The minimum Gasteiger partial charge on any atom is -0.406 e. The number of carbonyl (C=O) groups is 1. The summed E-state index contributed by atoms with van der Waals surface area (Å²) in [5.41, 5.74) is 0.602. The monoisotopic (exact) mass is 451 g/mol. The maximum Gasteiger partial charge on any atom is 0.573 e. The molecule has 31 heavy (non-hydrogen) atoms. The third-order valence-corrected chi connectivity index (χ3v) is 4.78. The molecule has 1 saturated heterocycles. The first kappa shape index (κ1) is 21.0. The molecule has 7 nitrogen and oxygen atoms in total. The fourth-order valence-corrected chi connectivity index (χ4v) is 3.32. The van der Waals surface area contributed by atoms with Crippen molar-refractivity contribution in [1.82, 2.24) is 15.0 Å². The number of likely N-dealkylation sites (tertiary alicyclic amines) is 1. The molecule has 1 aliphatic rings. The zero-order chi connectivity index (χ0) is 22.2. The zero-order valence-electron chi connectivity index (χ0n) is 15.6. The average molecular weight is 452 g/mol. The van der Waals surface area contributed by atoms with Gasteiger partial charge in [-0.25, -0.2) is 0 Å². The average Bonchev–Trinajstić information content (AvgIpc) is 3.34. The van der Waals surface area contributed by atoms with Crippen LogP contribution in [0, 0.1) is 12.1 Å². The fourth-order valence-electron chi connectivity index (χ4n) is 3.21. The van der Waals surface area contributed by atoms with Crippen molar-refractivity contribution >= 4 is 17.5 Å². The zero-order valence-corrected chi connectivity index (χ0v) is 16.3. The number of rotatable bonds is 4. The maximum absolute atomic E-state index is 12.8. The summed E-state index contributed by atoms with van der Waals surface area (Å²) >= 11 is 5.78. The smallest absolute Gasteiger partial charge is 0.406 e. The number of ether oxygens (including phenoxy) is 1. The first-order valence-electron chi connectivity index (χ1n) is 8.98. The summed E-state index contributed by atoms with van der Waals surface area (Å²) < 4.78 is 46.0. The molecule has 0 spiro atoms. The van der Waals surface area contributed by atoms with Crippen LogP contribution < -0.4 is 4.74 Å². The van der Waals surface area contributed by atoms with Crippen LogP contribution in [0.4, 0.5) is 13.2 Å².